The molecule has 0 aliphatic carbocycles. The van der Waals surface area contributed by atoms with Gasteiger partial charge < -0.3 is 10.1 Å². The minimum Gasteiger partial charge on any atom is -0.494 e. The van der Waals surface area contributed by atoms with E-state index >= 15 is 0 Å². The zero-order chi connectivity index (χ0) is 21.6. The van der Waals surface area contributed by atoms with Crippen LogP contribution in [0.25, 0.3) is 16.4 Å². The second-order valence-corrected chi connectivity index (χ2v) is 8.28. The molecule has 6 nitrogen and oxygen atoms in total. The number of anilines is 1. The Morgan fingerprint density at radius 3 is 2.58 bits per heavy atom. The fourth-order valence-electron chi connectivity index (χ4n) is 2.88. The molecule has 1 amide bonds. The van der Waals surface area contributed by atoms with Crippen molar-refractivity contribution >= 4 is 34.7 Å². The molecule has 0 fully saturated rings. The number of thioether (sulfide) groups is 1. The van der Waals surface area contributed by atoms with Gasteiger partial charge in [0.25, 0.3) is 0 Å². The smallest absolute Gasteiger partial charge is 0.234 e. The van der Waals surface area contributed by atoms with Crippen LogP contribution in [-0.4, -0.2) is 33.0 Å². The van der Waals surface area contributed by atoms with Crippen LogP contribution in [0.3, 0.4) is 0 Å². The van der Waals surface area contributed by atoms with Crippen molar-refractivity contribution in [3.8, 4) is 22.1 Å². The number of benzene rings is 2. The van der Waals surface area contributed by atoms with Gasteiger partial charge >= 0.3 is 0 Å². The predicted molar refractivity (Wildman–Crippen MR) is 122 cm³/mol. The van der Waals surface area contributed by atoms with E-state index in [9.17, 15) is 9.18 Å². The number of amides is 1. The highest BCUT2D eigenvalue weighted by molar-refractivity contribution is 7.99. The summed E-state index contributed by atoms with van der Waals surface area (Å²) in [5.41, 5.74) is 1.41. The highest BCUT2D eigenvalue weighted by Crippen LogP contribution is 2.31. The van der Waals surface area contributed by atoms with Gasteiger partial charge in [-0.05, 0) is 66.9 Å². The van der Waals surface area contributed by atoms with E-state index < -0.39 is 0 Å². The van der Waals surface area contributed by atoms with Crippen molar-refractivity contribution in [3.63, 3.8) is 0 Å². The highest BCUT2D eigenvalue weighted by Gasteiger charge is 2.18. The van der Waals surface area contributed by atoms with Crippen molar-refractivity contribution in [3.05, 3.63) is 71.9 Å². The fourth-order valence-corrected chi connectivity index (χ4v) is 4.33. The Hall–Kier alpha value is -3.17. The number of aromatic nitrogens is 3. The maximum Gasteiger partial charge on any atom is 0.234 e. The molecule has 0 saturated heterocycles. The van der Waals surface area contributed by atoms with Crippen LogP contribution in [0.5, 0.6) is 5.75 Å². The molecule has 0 aliphatic heterocycles. The Balaban J connectivity index is 1.55. The minimum absolute atomic E-state index is 0.136. The van der Waals surface area contributed by atoms with Gasteiger partial charge in [-0.25, -0.2) is 4.39 Å². The summed E-state index contributed by atoms with van der Waals surface area (Å²) < 4.78 is 20.5. The van der Waals surface area contributed by atoms with Crippen molar-refractivity contribution in [2.24, 2.45) is 0 Å². The van der Waals surface area contributed by atoms with E-state index in [1.165, 1.54) is 36.0 Å². The molecule has 2 aromatic carbocycles. The molecule has 2 heterocycles. The number of hydrogen-bond donors (Lipinski definition) is 1. The number of hydrogen-bond acceptors (Lipinski definition) is 6. The topological polar surface area (TPSA) is 69.0 Å². The largest absolute Gasteiger partial charge is 0.494 e. The molecule has 9 heteroatoms. The van der Waals surface area contributed by atoms with Gasteiger partial charge in [-0.2, -0.15) is 0 Å². The van der Waals surface area contributed by atoms with E-state index in [4.69, 9.17) is 4.74 Å². The van der Waals surface area contributed by atoms with Gasteiger partial charge in [0.05, 0.1) is 22.9 Å². The van der Waals surface area contributed by atoms with Crippen LogP contribution in [0.4, 0.5) is 10.1 Å². The first kappa shape index (κ1) is 21.1. The van der Waals surface area contributed by atoms with Gasteiger partial charge in [-0.1, -0.05) is 17.8 Å². The van der Waals surface area contributed by atoms with Crippen molar-refractivity contribution in [2.75, 3.05) is 17.7 Å². The van der Waals surface area contributed by atoms with Crippen LogP contribution >= 0.6 is 23.1 Å². The van der Waals surface area contributed by atoms with Crippen LogP contribution < -0.4 is 10.1 Å². The molecule has 0 spiro atoms. The summed E-state index contributed by atoms with van der Waals surface area (Å²) in [6, 6.07) is 17.3. The normalized spacial score (nSPS) is 10.8. The lowest BCUT2D eigenvalue weighted by atomic mass is 10.3. The monoisotopic (exact) mass is 454 g/mol. The first-order chi connectivity index (χ1) is 15.1. The SMILES string of the molecule is CCOc1ccc(-n2c(SCC(=O)Nc3ccc(F)cc3)nnc2-c2cccs2)cc1. The molecule has 158 valence electrons. The van der Waals surface area contributed by atoms with Crippen LogP contribution in [-0.2, 0) is 4.79 Å². The Kier molecular flexibility index (Phi) is 6.63. The summed E-state index contributed by atoms with van der Waals surface area (Å²) in [6.07, 6.45) is 0. The third-order valence-electron chi connectivity index (χ3n) is 4.24. The molecule has 4 aromatic rings. The Labute approximate surface area is 187 Å². The van der Waals surface area contributed by atoms with Gasteiger partial charge in [0.2, 0.25) is 5.91 Å². The van der Waals surface area contributed by atoms with Crippen molar-refractivity contribution in [1.82, 2.24) is 14.8 Å². The van der Waals surface area contributed by atoms with E-state index in [-0.39, 0.29) is 17.5 Å². The van der Waals surface area contributed by atoms with E-state index in [1.807, 2.05) is 53.3 Å². The number of halogens is 1. The molecule has 4 rings (SSSR count). The van der Waals surface area contributed by atoms with Gasteiger partial charge in [0.15, 0.2) is 11.0 Å². The summed E-state index contributed by atoms with van der Waals surface area (Å²) in [5, 5.41) is 14.0. The molecule has 31 heavy (non-hydrogen) atoms. The van der Waals surface area contributed by atoms with E-state index in [0.29, 0.717) is 23.3 Å². The minimum atomic E-state index is -0.350. The molecule has 0 radical (unpaired) electrons. The lowest BCUT2D eigenvalue weighted by molar-refractivity contribution is -0.113. The number of ether oxygens (including phenoxy) is 1. The third-order valence-corrected chi connectivity index (χ3v) is 6.04. The van der Waals surface area contributed by atoms with Crippen molar-refractivity contribution in [2.45, 2.75) is 12.1 Å². The number of thiophene rings is 1. The van der Waals surface area contributed by atoms with Gasteiger partial charge in [-0.3, -0.25) is 9.36 Å². The van der Waals surface area contributed by atoms with Crippen LogP contribution in [0.2, 0.25) is 0 Å². The molecule has 1 N–H and O–H groups in total. The van der Waals surface area contributed by atoms with Crippen LogP contribution in [0.1, 0.15) is 6.92 Å². The molecule has 0 atom stereocenters. The summed E-state index contributed by atoms with van der Waals surface area (Å²) >= 11 is 2.85. The Bertz CT molecular complexity index is 1140. The average molecular weight is 455 g/mol. The number of nitrogens with zero attached hydrogens (tertiary/aromatic N) is 3. The lowest BCUT2D eigenvalue weighted by Crippen LogP contribution is -2.14. The second-order valence-electron chi connectivity index (χ2n) is 6.39. The molecule has 0 unspecified atom stereocenters. The van der Waals surface area contributed by atoms with Crippen molar-refractivity contribution in [1.29, 1.82) is 0 Å². The highest BCUT2D eigenvalue weighted by atomic mass is 32.2. The molecule has 2 aromatic heterocycles. The van der Waals surface area contributed by atoms with Gasteiger partial charge in [0.1, 0.15) is 11.6 Å². The zero-order valence-corrected chi connectivity index (χ0v) is 18.3. The second kappa shape index (κ2) is 9.76. The molecular weight excluding hydrogens is 435 g/mol. The van der Waals surface area contributed by atoms with E-state index in [0.717, 1.165) is 16.3 Å². The first-order valence-corrected chi connectivity index (χ1v) is 11.4. The number of nitrogens with one attached hydrogen (secondary N) is 1. The number of carbonyl (C=O) groups excluding carboxylic acids is 1. The van der Waals surface area contributed by atoms with Crippen LogP contribution in [0.15, 0.2) is 71.2 Å². The van der Waals surface area contributed by atoms with Gasteiger partial charge in [0, 0.05) is 5.69 Å². The summed E-state index contributed by atoms with van der Waals surface area (Å²) in [4.78, 5) is 13.3. The van der Waals surface area contributed by atoms with E-state index in [1.54, 1.807) is 11.3 Å². The average Bonchev–Trinajstić information content (AvgIpc) is 3.44. The third kappa shape index (κ3) is 5.12. The summed E-state index contributed by atoms with van der Waals surface area (Å²) in [6.45, 7) is 2.53. The lowest BCUT2D eigenvalue weighted by Gasteiger charge is -2.11. The fraction of sp³-hybridized carbons (Fsp3) is 0.136. The number of carbonyl (C=O) groups is 1. The number of rotatable bonds is 8. The molecule has 0 aliphatic rings. The quantitative estimate of drug-likeness (QED) is 0.368. The molecular formula is C22H19FN4O2S2. The van der Waals surface area contributed by atoms with Crippen molar-refractivity contribution < 1.29 is 13.9 Å². The standard InChI is InChI=1S/C22H19FN4O2S2/c1-2-29-18-11-9-17(10-12-18)27-21(19-4-3-13-30-19)25-26-22(27)31-14-20(28)24-16-7-5-15(23)6-8-16/h3-13H,2,14H2,1H3,(H,24,28). The van der Waals surface area contributed by atoms with Gasteiger partial charge in [-0.15, -0.1) is 21.5 Å². The summed E-state index contributed by atoms with van der Waals surface area (Å²) in [5.74, 6) is 1.06. The maximum atomic E-state index is 13.0. The zero-order valence-electron chi connectivity index (χ0n) is 16.6. The molecule has 0 bridgehead atoms. The van der Waals surface area contributed by atoms with E-state index in [2.05, 4.69) is 15.5 Å². The predicted octanol–water partition coefficient (Wildman–Crippen LogP) is 5.26. The first-order valence-electron chi connectivity index (χ1n) is 9.55. The summed E-state index contributed by atoms with van der Waals surface area (Å²) in [7, 11) is 0. The Morgan fingerprint density at radius 1 is 1.13 bits per heavy atom. The Morgan fingerprint density at radius 2 is 1.90 bits per heavy atom. The molecule has 0 saturated carbocycles. The maximum absolute atomic E-state index is 13.0. The van der Waals surface area contributed by atoms with Crippen LogP contribution in [0, 0.1) is 5.82 Å².